The molecule has 0 amide bonds. The molecule has 1 aromatic carbocycles. The first-order valence-corrected chi connectivity index (χ1v) is 7.41. The molecule has 1 fully saturated rings. The largest absolute Gasteiger partial charge is 0.419 e. The molecule has 0 N–H and O–H groups in total. The maximum Gasteiger partial charge on any atom is 0.247 e. The topological polar surface area (TPSA) is 42.2 Å². The Balaban J connectivity index is 1.65. The van der Waals surface area contributed by atoms with Crippen molar-refractivity contribution in [2.45, 2.75) is 44.7 Å². The molecular formula is C16H21N3O. The van der Waals surface area contributed by atoms with Gasteiger partial charge in [0.1, 0.15) is 0 Å². The highest BCUT2D eigenvalue weighted by atomic mass is 16.4. The zero-order chi connectivity index (χ0) is 13.8. The van der Waals surface area contributed by atoms with Crippen molar-refractivity contribution in [2.75, 3.05) is 7.05 Å². The normalized spacial score (nSPS) is 16.7. The summed E-state index contributed by atoms with van der Waals surface area (Å²) in [6.07, 6.45) is 6.64. The van der Waals surface area contributed by atoms with Crippen molar-refractivity contribution in [1.82, 2.24) is 15.1 Å². The summed E-state index contributed by atoms with van der Waals surface area (Å²) in [6, 6.07) is 10.6. The van der Waals surface area contributed by atoms with Crippen molar-refractivity contribution >= 4 is 0 Å². The van der Waals surface area contributed by atoms with Gasteiger partial charge in [0.15, 0.2) is 0 Å². The third-order valence-corrected chi connectivity index (χ3v) is 4.07. The van der Waals surface area contributed by atoms with Crippen LogP contribution >= 0.6 is 0 Å². The second kappa shape index (κ2) is 6.18. The smallest absolute Gasteiger partial charge is 0.247 e. The Labute approximate surface area is 119 Å². The quantitative estimate of drug-likeness (QED) is 0.853. The van der Waals surface area contributed by atoms with Crippen molar-refractivity contribution in [2.24, 2.45) is 0 Å². The van der Waals surface area contributed by atoms with Gasteiger partial charge in [0, 0.05) is 11.6 Å². The van der Waals surface area contributed by atoms with Crippen LogP contribution in [0.25, 0.3) is 11.5 Å². The van der Waals surface area contributed by atoms with Crippen molar-refractivity contribution in [3.05, 3.63) is 36.2 Å². The number of benzene rings is 1. The fraction of sp³-hybridized carbons (Fsp3) is 0.500. The van der Waals surface area contributed by atoms with Crippen LogP contribution in [-0.4, -0.2) is 28.2 Å². The molecule has 0 spiro atoms. The minimum atomic E-state index is 0.609. The Kier molecular flexibility index (Phi) is 4.11. The molecule has 0 atom stereocenters. The van der Waals surface area contributed by atoms with E-state index in [4.69, 9.17) is 4.42 Å². The van der Waals surface area contributed by atoms with E-state index in [1.54, 1.807) is 0 Å². The second-order valence-electron chi connectivity index (χ2n) is 5.57. The summed E-state index contributed by atoms with van der Waals surface area (Å²) in [5.74, 6) is 1.31. The van der Waals surface area contributed by atoms with Crippen LogP contribution < -0.4 is 0 Å². The zero-order valence-corrected chi connectivity index (χ0v) is 12.0. The lowest BCUT2D eigenvalue weighted by atomic mass is 9.94. The van der Waals surface area contributed by atoms with Crippen molar-refractivity contribution in [3.8, 4) is 11.5 Å². The minimum Gasteiger partial charge on any atom is -0.419 e. The highest BCUT2D eigenvalue weighted by molar-refractivity contribution is 5.51. The summed E-state index contributed by atoms with van der Waals surface area (Å²) in [5, 5.41) is 8.31. The Hall–Kier alpha value is -1.68. The highest BCUT2D eigenvalue weighted by Crippen LogP contribution is 2.23. The van der Waals surface area contributed by atoms with Gasteiger partial charge >= 0.3 is 0 Å². The summed E-state index contributed by atoms with van der Waals surface area (Å²) in [4.78, 5) is 2.35. The molecule has 1 saturated carbocycles. The van der Waals surface area contributed by atoms with Crippen molar-refractivity contribution in [3.63, 3.8) is 0 Å². The lowest BCUT2D eigenvalue weighted by Crippen LogP contribution is -2.32. The third kappa shape index (κ3) is 3.07. The average Bonchev–Trinajstić information content (AvgIpc) is 2.97. The molecular weight excluding hydrogens is 250 g/mol. The van der Waals surface area contributed by atoms with Crippen molar-refractivity contribution < 1.29 is 4.42 Å². The van der Waals surface area contributed by atoms with Gasteiger partial charge in [-0.1, -0.05) is 37.5 Å². The first-order chi connectivity index (χ1) is 9.83. The molecule has 106 valence electrons. The van der Waals surface area contributed by atoms with Gasteiger partial charge < -0.3 is 4.42 Å². The molecule has 0 bridgehead atoms. The predicted molar refractivity (Wildman–Crippen MR) is 78.1 cm³/mol. The van der Waals surface area contributed by atoms with Gasteiger partial charge in [0.2, 0.25) is 11.8 Å². The van der Waals surface area contributed by atoms with Gasteiger partial charge in [0.05, 0.1) is 6.54 Å². The summed E-state index contributed by atoms with van der Waals surface area (Å²) >= 11 is 0. The molecule has 0 radical (unpaired) electrons. The van der Waals surface area contributed by atoms with E-state index in [0.29, 0.717) is 17.8 Å². The first-order valence-electron chi connectivity index (χ1n) is 7.41. The molecule has 0 unspecified atom stereocenters. The number of hydrogen-bond acceptors (Lipinski definition) is 4. The molecule has 3 rings (SSSR count). The van der Waals surface area contributed by atoms with E-state index >= 15 is 0 Å². The summed E-state index contributed by atoms with van der Waals surface area (Å²) in [5.41, 5.74) is 0.978. The number of hydrogen-bond donors (Lipinski definition) is 0. The number of rotatable bonds is 4. The molecule has 0 saturated heterocycles. The van der Waals surface area contributed by atoms with Crippen LogP contribution in [0.1, 0.15) is 38.0 Å². The average molecular weight is 271 g/mol. The van der Waals surface area contributed by atoms with E-state index in [1.807, 2.05) is 30.3 Å². The SMILES string of the molecule is CN(Cc1nnc(-c2ccccc2)o1)C1CCCCC1. The molecule has 1 aromatic heterocycles. The van der Waals surface area contributed by atoms with Crippen LogP contribution in [0.2, 0.25) is 0 Å². The lowest BCUT2D eigenvalue weighted by molar-refractivity contribution is 0.170. The van der Waals surface area contributed by atoms with Crippen LogP contribution in [0.4, 0.5) is 0 Å². The third-order valence-electron chi connectivity index (χ3n) is 4.07. The molecule has 2 aromatic rings. The fourth-order valence-corrected chi connectivity index (χ4v) is 2.88. The second-order valence-corrected chi connectivity index (χ2v) is 5.57. The summed E-state index contributed by atoms with van der Waals surface area (Å²) in [6.45, 7) is 0.741. The summed E-state index contributed by atoms with van der Waals surface area (Å²) < 4.78 is 5.77. The van der Waals surface area contributed by atoms with E-state index in [9.17, 15) is 0 Å². The first kappa shape index (κ1) is 13.3. The van der Waals surface area contributed by atoms with Crippen molar-refractivity contribution in [1.29, 1.82) is 0 Å². The fourth-order valence-electron chi connectivity index (χ4n) is 2.88. The molecule has 1 aliphatic carbocycles. The van der Waals surface area contributed by atoms with E-state index in [1.165, 1.54) is 32.1 Å². The van der Waals surface area contributed by atoms with E-state index < -0.39 is 0 Å². The maximum absolute atomic E-state index is 5.77. The molecule has 20 heavy (non-hydrogen) atoms. The maximum atomic E-state index is 5.77. The van der Waals surface area contributed by atoms with Gasteiger partial charge in [0.25, 0.3) is 0 Å². The van der Waals surface area contributed by atoms with Crippen LogP contribution in [0.5, 0.6) is 0 Å². The molecule has 1 heterocycles. The Morgan fingerprint density at radius 3 is 2.60 bits per heavy atom. The number of nitrogens with zero attached hydrogens (tertiary/aromatic N) is 3. The van der Waals surface area contributed by atoms with Gasteiger partial charge in [-0.2, -0.15) is 0 Å². The van der Waals surface area contributed by atoms with Crippen LogP contribution in [0.3, 0.4) is 0 Å². The van der Waals surface area contributed by atoms with E-state index in [2.05, 4.69) is 22.1 Å². The minimum absolute atomic E-state index is 0.609. The standard InChI is InChI=1S/C16H21N3O/c1-19(14-10-6-3-7-11-14)12-15-17-18-16(20-15)13-8-4-2-5-9-13/h2,4-5,8-9,14H,3,6-7,10-12H2,1H3. The Bertz CT molecular complexity index is 532. The Morgan fingerprint density at radius 1 is 1.10 bits per heavy atom. The lowest BCUT2D eigenvalue weighted by Gasteiger charge is -2.29. The predicted octanol–water partition coefficient (Wildman–Crippen LogP) is 3.50. The zero-order valence-electron chi connectivity index (χ0n) is 12.0. The van der Waals surface area contributed by atoms with Crippen LogP contribution in [0, 0.1) is 0 Å². The van der Waals surface area contributed by atoms with Gasteiger partial charge in [-0.05, 0) is 32.0 Å². The van der Waals surface area contributed by atoms with Gasteiger partial charge in [-0.15, -0.1) is 10.2 Å². The summed E-state index contributed by atoms with van der Waals surface area (Å²) in [7, 11) is 2.16. The van der Waals surface area contributed by atoms with Crippen LogP contribution in [-0.2, 0) is 6.54 Å². The Morgan fingerprint density at radius 2 is 1.85 bits per heavy atom. The van der Waals surface area contributed by atoms with E-state index in [-0.39, 0.29) is 0 Å². The molecule has 0 aliphatic heterocycles. The number of aromatic nitrogens is 2. The monoisotopic (exact) mass is 271 g/mol. The molecule has 4 nitrogen and oxygen atoms in total. The molecule has 4 heteroatoms. The van der Waals surface area contributed by atoms with Gasteiger partial charge in [-0.25, -0.2) is 0 Å². The van der Waals surface area contributed by atoms with Gasteiger partial charge in [-0.3, -0.25) is 4.90 Å². The van der Waals surface area contributed by atoms with E-state index in [0.717, 1.165) is 12.1 Å². The molecule has 1 aliphatic rings. The van der Waals surface area contributed by atoms with Crippen LogP contribution in [0.15, 0.2) is 34.7 Å². The highest BCUT2D eigenvalue weighted by Gasteiger charge is 2.20.